The normalized spacial score (nSPS) is 10.7. The lowest BCUT2D eigenvalue weighted by atomic mass is 10.2. The largest absolute Gasteiger partial charge is 0.455 e. The number of nitrogens with one attached hydrogen (secondary N) is 1. The van der Waals surface area contributed by atoms with Gasteiger partial charge >= 0.3 is 0 Å². The number of aryl methyl sites for hydroxylation is 1. The molecule has 0 spiro atoms. The van der Waals surface area contributed by atoms with Crippen molar-refractivity contribution in [1.82, 2.24) is 10.1 Å². The molecule has 0 atom stereocenters. The Balaban J connectivity index is 1.37. The number of amides is 1. The zero-order chi connectivity index (χ0) is 20.1. The van der Waals surface area contributed by atoms with E-state index < -0.39 is 5.82 Å². The van der Waals surface area contributed by atoms with Crippen LogP contribution >= 0.6 is 11.3 Å². The number of halogens is 1. The van der Waals surface area contributed by atoms with Gasteiger partial charge in [0.05, 0.1) is 10.6 Å². The Labute approximate surface area is 170 Å². The molecular formula is C21H16FN3O3S. The highest BCUT2D eigenvalue weighted by atomic mass is 32.1. The Hall–Kier alpha value is -3.52. The predicted octanol–water partition coefficient (Wildman–Crippen LogP) is 5.30. The van der Waals surface area contributed by atoms with Crippen LogP contribution in [0, 0.1) is 5.82 Å². The molecule has 0 aliphatic carbocycles. The molecule has 0 bridgehead atoms. The van der Waals surface area contributed by atoms with Gasteiger partial charge in [0.2, 0.25) is 17.6 Å². The molecule has 29 heavy (non-hydrogen) atoms. The first-order valence-corrected chi connectivity index (χ1v) is 9.74. The second-order valence-electron chi connectivity index (χ2n) is 6.09. The number of carbonyl (C=O) groups is 1. The number of anilines is 1. The van der Waals surface area contributed by atoms with E-state index in [1.54, 1.807) is 36.4 Å². The number of nitrogens with zero attached hydrogens (tertiary/aromatic N) is 2. The molecule has 0 saturated carbocycles. The number of rotatable bonds is 7. The van der Waals surface area contributed by atoms with Gasteiger partial charge < -0.3 is 14.6 Å². The summed E-state index contributed by atoms with van der Waals surface area (Å²) in [6.07, 6.45) is 0.484. The molecule has 4 rings (SSSR count). The molecule has 4 aromatic rings. The van der Waals surface area contributed by atoms with Crippen LogP contribution in [-0.2, 0) is 11.2 Å². The maximum atomic E-state index is 13.4. The fourth-order valence-electron chi connectivity index (χ4n) is 2.61. The zero-order valence-corrected chi connectivity index (χ0v) is 16.0. The van der Waals surface area contributed by atoms with E-state index >= 15 is 0 Å². The Kier molecular flexibility index (Phi) is 5.62. The lowest BCUT2D eigenvalue weighted by molar-refractivity contribution is -0.116. The molecule has 2 aromatic heterocycles. The van der Waals surface area contributed by atoms with Crippen LogP contribution in [0.15, 0.2) is 70.6 Å². The summed E-state index contributed by atoms with van der Waals surface area (Å²) in [5.74, 6) is 1.06. The van der Waals surface area contributed by atoms with Gasteiger partial charge in [0.1, 0.15) is 11.6 Å². The highest BCUT2D eigenvalue weighted by Gasteiger charge is 2.13. The number of benzene rings is 2. The Morgan fingerprint density at radius 2 is 2.03 bits per heavy atom. The van der Waals surface area contributed by atoms with Gasteiger partial charge in [-0.1, -0.05) is 29.4 Å². The molecule has 1 N–H and O–H groups in total. The van der Waals surface area contributed by atoms with Gasteiger partial charge in [-0.05, 0) is 35.7 Å². The summed E-state index contributed by atoms with van der Waals surface area (Å²) in [4.78, 5) is 17.6. The monoisotopic (exact) mass is 409 g/mol. The maximum Gasteiger partial charge on any atom is 0.227 e. The van der Waals surface area contributed by atoms with Crippen LogP contribution in [0.25, 0.3) is 10.7 Å². The average Bonchev–Trinajstić information content (AvgIpc) is 3.40. The third kappa shape index (κ3) is 4.85. The van der Waals surface area contributed by atoms with Crippen molar-refractivity contribution in [2.45, 2.75) is 12.8 Å². The first kappa shape index (κ1) is 18.8. The molecule has 0 radical (unpaired) electrons. The minimum absolute atomic E-state index is 0.167. The average molecular weight is 409 g/mol. The number of hydrogen-bond donors (Lipinski definition) is 1. The van der Waals surface area contributed by atoms with Gasteiger partial charge in [-0.15, -0.1) is 11.3 Å². The fourth-order valence-corrected chi connectivity index (χ4v) is 3.26. The third-order valence-corrected chi connectivity index (χ3v) is 4.83. The number of aromatic nitrogens is 2. The SMILES string of the molecule is O=C(CCc1nc(-c2cccs2)no1)Nc1ccccc1Oc1cccc(F)c1. The summed E-state index contributed by atoms with van der Waals surface area (Å²) in [5.41, 5.74) is 0.492. The van der Waals surface area contributed by atoms with Gasteiger partial charge in [-0.3, -0.25) is 4.79 Å². The van der Waals surface area contributed by atoms with Crippen molar-refractivity contribution in [2.24, 2.45) is 0 Å². The van der Waals surface area contributed by atoms with E-state index in [0.717, 1.165) is 4.88 Å². The van der Waals surface area contributed by atoms with Crippen LogP contribution in [0.5, 0.6) is 11.5 Å². The summed E-state index contributed by atoms with van der Waals surface area (Å²) in [6.45, 7) is 0. The standard InChI is InChI=1S/C21H16FN3O3S/c22-14-5-3-6-15(13-14)27-17-8-2-1-7-16(17)23-19(26)10-11-20-24-21(25-28-20)18-9-4-12-29-18/h1-9,12-13H,10-11H2,(H,23,26). The lowest BCUT2D eigenvalue weighted by Crippen LogP contribution is -2.13. The van der Waals surface area contributed by atoms with Crippen molar-refractivity contribution < 1.29 is 18.4 Å². The second-order valence-corrected chi connectivity index (χ2v) is 7.04. The quantitative estimate of drug-likeness (QED) is 0.448. The molecule has 0 fully saturated rings. The molecule has 0 unspecified atom stereocenters. The minimum atomic E-state index is -0.398. The van der Waals surface area contributed by atoms with E-state index in [1.165, 1.54) is 23.5 Å². The second kappa shape index (κ2) is 8.66. The van der Waals surface area contributed by atoms with Crippen LogP contribution in [0.3, 0.4) is 0 Å². The molecule has 0 aliphatic heterocycles. The van der Waals surface area contributed by atoms with Crippen LogP contribution in [0.1, 0.15) is 12.3 Å². The first-order chi connectivity index (χ1) is 14.2. The van der Waals surface area contributed by atoms with E-state index in [1.807, 2.05) is 17.5 Å². The van der Waals surface area contributed by atoms with Gasteiger partial charge in [-0.2, -0.15) is 4.98 Å². The molecule has 8 heteroatoms. The molecule has 2 aromatic carbocycles. The van der Waals surface area contributed by atoms with Crippen molar-refractivity contribution in [1.29, 1.82) is 0 Å². The Bertz CT molecular complexity index is 1110. The number of carbonyl (C=O) groups excluding carboxylic acids is 1. The van der Waals surface area contributed by atoms with Crippen LogP contribution in [-0.4, -0.2) is 16.0 Å². The van der Waals surface area contributed by atoms with Crippen LogP contribution in [0.2, 0.25) is 0 Å². The molecule has 2 heterocycles. The van der Waals surface area contributed by atoms with Crippen molar-refractivity contribution in [2.75, 3.05) is 5.32 Å². The van der Waals surface area contributed by atoms with Crippen molar-refractivity contribution in [3.05, 3.63) is 77.8 Å². The van der Waals surface area contributed by atoms with Gasteiger partial charge in [0, 0.05) is 18.9 Å². The molecule has 0 aliphatic rings. The number of thiophene rings is 1. The van der Waals surface area contributed by atoms with Gasteiger partial charge in [-0.25, -0.2) is 4.39 Å². The maximum absolute atomic E-state index is 13.4. The summed E-state index contributed by atoms with van der Waals surface area (Å²) in [5, 5.41) is 8.67. The number of hydrogen-bond acceptors (Lipinski definition) is 6. The van der Waals surface area contributed by atoms with Crippen molar-refractivity contribution >= 4 is 22.9 Å². The number of ether oxygens (including phenoxy) is 1. The Morgan fingerprint density at radius 3 is 2.86 bits per heavy atom. The van der Waals surface area contributed by atoms with E-state index in [0.29, 0.717) is 35.3 Å². The van der Waals surface area contributed by atoms with Crippen molar-refractivity contribution in [3.8, 4) is 22.2 Å². The summed E-state index contributed by atoms with van der Waals surface area (Å²) in [6, 6.07) is 16.6. The van der Waals surface area contributed by atoms with E-state index in [9.17, 15) is 9.18 Å². The summed E-state index contributed by atoms with van der Waals surface area (Å²) >= 11 is 1.52. The molecule has 0 saturated heterocycles. The smallest absolute Gasteiger partial charge is 0.227 e. The van der Waals surface area contributed by atoms with Crippen molar-refractivity contribution in [3.63, 3.8) is 0 Å². The molecule has 1 amide bonds. The van der Waals surface area contributed by atoms with Gasteiger partial charge in [0.25, 0.3) is 0 Å². The summed E-state index contributed by atoms with van der Waals surface area (Å²) < 4.78 is 24.3. The minimum Gasteiger partial charge on any atom is -0.455 e. The molecule has 146 valence electrons. The van der Waals surface area contributed by atoms with Gasteiger partial charge in [0.15, 0.2) is 5.75 Å². The summed E-state index contributed by atoms with van der Waals surface area (Å²) in [7, 11) is 0. The molecular weight excluding hydrogens is 393 g/mol. The highest BCUT2D eigenvalue weighted by molar-refractivity contribution is 7.13. The van der Waals surface area contributed by atoms with Crippen LogP contribution in [0.4, 0.5) is 10.1 Å². The van der Waals surface area contributed by atoms with E-state index in [-0.39, 0.29) is 12.3 Å². The lowest BCUT2D eigenvalue weighted by Gasteiger charge is -2.12. The zero-order valence-electron chi connectivity index (χ0n) is 15.2. The van der Waals surface area contributed by atoms with E-state index in [2.05, 4.69) is 15.5 Å². The predicted molar refractivity (Wildman–Crippen MR) is 107 cm³/mol. The first-order valence-electron chi connectivity index (χ1n) is 8.86. The number of para-hydroxylation sites is 2. The van der Waals surface area contributed by atoms with E-state index in [4.69, 9.17) is 9.26 Å². The Morgan fingerprint density at radius 1 is 1.14 bits per heavy atom. The molecule has 6 nitrogen and oxygen atoms in total. The fraction of sp³-hybridized carbons (Fsp3) is 0.0952. The van der Waals surface area contributed by atoms with Crippen LogP contribution < -0.4 is 10.1 Å². The highest BCUT2D eigenvalue weighted by Crippen LogP contribution is 2.29. The third-order valence-electron chi connectivity index (χ3n) is 3.96. The topological polar surface area (TPSA) is 77.2 Å².